The van der Waals surface area contributed by atoms with Crippen LogP contribution in [0.3, 0.4) is 0 Å². The van der Waals surface area contributed by atoms with E-state index in [9.17, 15) is 8.78 Å². The largest absolute Gasteiger partial charge is 0.416 e. The summed E-state index contributed by atoms with van der Waals surface area (Å²) in [6.45, 7) is 0.900. The lowest BCUT2D eigenvalue weighted by Gasteiger charge is -2.18. The zero-order chi connectivity index (χ0) is 9.69. The van der Waals surface area contributed by atoms with Gasteiger partial charge in [0.1, 0.15) is 5.41 Å². The summed E-state index contributed by atoms with van der Waals surface area (Å²) in [5.41, 5.74) is -1.18. The molecule has 0 radical (unpaired) electrons. The number of halogens is 3. The fourth-order valence-corrected chi connectivity index (χ4v) is 1.68. The van der Waals surface area contributed by atoms with E-state index in [0.29, 0.717) is 16.7 Å². The third kappa shape index (κ3) is 1.35. The fraction of sp³-hybridized carbons (Fsp3) is 0.714. The number of rotatable bonds is 2. The maximum Gasteiger partial charge on any atom is 0.278 e. The van der Waals surface area contributed by atoms with Crippen LogP contribution in [-0.4, -0.2) is 16.1 Å². The Morgan fingerprint density at radius 2 is 2.08 bits per heavy atom. The first-order valence-corrected chi connectivity index (χ1v) is 4.91. The molecule has 0 aromatic carbocycles. The Bertz CT molecular complexity index is 329. The molecule has 0 N–H and O–H groups in total. The number of hydrogen-bond acceptors (Lipinski definition) is 3. The first kappa shape index (κ1) is 9.29. The van der Waals surface area contributed by atoms with Gasteiger partial charge >= 0.3 is 0 Å². The lowest BCUT2D eigenvalue weighted by atomic mass is 10.00. The van der Waals surface area contributed by atoms with Gasteiger partial charge in [-0.05, 0) is 12.8 Å². The highest BCUT2D eigenvalue weighted by Gasteiger charge is 2.64. The van der Waals surface area contributed by atoms with E-state index in [1.165, 1.54) is 0 Å². The van der Waals surface area contributed by atoms with Gasteiger partial charge in [-0.3, -0.25) is 0 Å². The van der Waals surface area contributed by atoms with Crippen molar-refractivity contribution in [3.8, 4) is 0 Å². The first-order valence-electron chi connectivity index (χ1n) is 3.83. The van der Waals surface area contributed by atoms with Gasteiger partial charge in [0.25, 0.3) is 9.82 Å². The number of aromatic nitrogens is 2. The molecule has 1 aliphatic rings. The summed E-state index contributed by atoms with van der Waals surface area (Å²) in [7, 11) is 0. The zero-order valence-electron chi connectivity index (χ0n) is 6.85. The second-order valence-electron chi connectivity index (χ2n) is 3.33. The quantitative estimate of drug-likeness (QED) is 0.787. The maximum absolute atomic E-state index is 13.1. The third-order valence-electron chi connectivity index (χ3n) is 2.40. The van der Waals surface area contributed by atoms with Crippen LogP contribution in [0.25, 0.3) is 0 Å². The molecule has 0 unspecified atom stereocenters. The predicted octanol–water partition coefficient (Wildman–Crippen LogP) is 2.36. The molecule has 0 atom stereocenters. The lowest BCUT2D eigenvalue weighted by molar-refractivity contribution is -0.0290. The highest BCUT2D eigenvalue weighted by atomic mass is 127. The minimum atomic E-state index is -2.78. The van der Waals surface area contributed by atoms with Crippen LogP contribution in [-0.2, 0) is 5.41 Å². The van der Waals surface area contributed by atoms with Crippen molar-refractivity contribution < 1.29 is 13.2 Å². The van der Waals surface area contributed by atoms with E-state index >= 15 is 0 Å². The lowest BCUT2D eigenvalue weighted by Crippen LogP contribution is -2.30. The molecule has 1 heterocycles. The molecule has 1 aliphatic carbocycles. The van der Waals surface area contributed by atoms with Crippen LogP contribution in [0.4, 0.5) is 8.78 Å². The van der Waals surface area contributed by atoms with Crippen molar-refractivity contribution in [1.29, 1.82) is 0 Å². The predicted molar refractivity (Wildman–Crippen MR) is 48.5 cm³/mol. The second-order valence-corrected chi connectivity index (χ2v) is 4.25. The molecular weight excluding hydrogens is 293 g/mol. The molecule has 1 fully saturated rings. The third-order valence-corrected chi connectivity index (χ3v) is 2.84. The average Bonchev–Trinajstić information content (AvgIpc) is 2.70. The van der Waals surface area contributed by atoms with Crippen molar-refractivity contribution in [2.24, 2.45) is 0 Å². The van der Waals surface area contributed by atoms with Crippen LogP contribution in [0.1, 0.15) is 25.7 Å². The summed E-state index contributed by atoms with van der Waals surface area (Å²) in [5, 5.41) is 7.19. The Labute approximate surface area is 87.0 Å². The van der Waals surface area contributed by atoms with E-state index in [1.807, 2.05) is 22.6 Å². The molecule has 1 aromatic rings. The van der Waals surface area contributed by atoms with E-state index in [0.717, 1.165) is 6.92 Å². The molecule has 0 aliphatic heterocycles. The molecule has 2 rings (SSSR count). The smallest absolute Gasteiger partial charge is 0.278 e. The monoisotopic (exact) mass is 300 g/mol. The van der Waals surface area contributed by atoms with E-state index in [2.05, 4.69) is 10.2 Å². The zero-order valence-corrected chi connectivity index (χ0v) is 9.01. The van der Waals surface area contributed by atoms with Gasteiger partial charge in [0, 0.05) is 29.5 Å². The van der Waals surface area contributed by atoms with Gasteiger partial charge in [0.15, 0.2) is 0 Å². The highest BCUT2D eigenvalue weighted by Crippen LogP contribution is 2.57. The van der Waals surface area contributed by atoms with E-state index in [1.54, 1.807) is 0 Å². The fourth-order valence-electron chi connectivity index (χ4n) is 1.36. The van der Waals surface area contributed by atoms with E-state index in [4.69, 9.17) is 4.42 Å². The van der Waals surface area contributed by atoms with Crippen molar-refractivity contribution >= 4 is 22.6 Å². The van der Waals surface area contributed by atoms with E-state index < -0.39 is 11.3 Å². The van der Waals surface area contributed by atoms with Crippen molar-refractivity contribution in [1.82, 2.24) is 10.2 Å². The SMILES string of the molecule is CC(F)(F)C1(c2nnc(I)o2)CC1. The minimum Gasteiger partial charge on any atom is -0.416 e. The topological polar surface area (TPSA) is 38.9 Å². The van der Waals surface area contributed by atoms with Gasteiger partial charge in [-0.2, -0.15) is 0 Å². The van der Waals surface area contributed by atoms with Gasteiger partial charge in [-0.1, -0.05) is 0 Å². The molecule has 72 valence electrons. The van der Waals surface area contributed by atoms with Gasteiger partial charge in [0.05, 0.1) is 0 Å². The summed E-state index contributed by atoms with van der Waals surface area (Å²) in [5.74, 6) is -2.70. The summed E-state index contributed by atoms with van der Waals surface area (Å²) in [4.78, 5) is 0. The van der Waals surface area contributed by atoms with Gasteiger partial charge in [0.2, 0.25) is 5.89 Å². The van der Waals surface area contributed by atoms with Gasteiger partial charge < -0.3 is 4.42 Å². The van der Waals surface area contributed by atoms with Crippen molar-refractivity contribution in [2.75, 3.05) is 0 Å². The molecule has 0 spiro atoms. The number of hydrogen-bond donors (Lipinski definition) is 0. The standard InChI is InChI=1S/C7H7F2IN2O/c1-6(8,9)7(2-3-7)4-11-12-5(10)13-4/h2-3H2,1H3. The molecular formula is C7H7F2IN2O. The van der Waals surface area contributed by atoms with Crippen molar-refractivity contribution in [3.05, 3.63) is 9.79 Å². The summed E-state index contributed by atoms with van der Waals surface area (Å²) in [6, 6.07) is 0. The highest BCUT2D eigenvalue weighted by molar-refractivity contribution is 14.1. The Morgan fingerprint density at radius 3 is 2.38 bits per heavy atom. The molecule has 13 heavy (non-hydrogen) atoms. The normalized spacial score (nSPS) is 20.3. The first-order chi connectivity index (χ1) is 5.96. The molecule has 3 nitrogen and oxygen atoms in total. The Kier molecular flexibility index (Phi) is 1.87. The van der Waals surface area contributed by atoms with Crippen molar-refractivity contribution in [3.63, 3.8) is 0 Å². The average molecular weight is 300 g/mol. The number of nitrogens with zero attached hydrogens (tertiary/aromatic N) is 2. The van der Waals surface area contributed by atoms with Crippen LogP contribution in [0.5, 0.6) is 0 Å². The molecule has 6 heteroatoms. The Morgan fingerprint density at radius 1 is 1.46 bits per heavy atom. The summed E-state index contributed by atoms with van der Waals surface area (Å²) >= 11 is 1.81. The Balaban J connectivity index is 2.36. The molecule has 0 amide bonds. The molecule has 1 saturated carbocycles. The van der Waals surface area contributed by atoms with Crippen LogP contribution in [0, 0.1) is 3.90 Å². The van der Waals surface area contributed by atoms with Crippen LogP contribution < -0.4 is 0 Å². The summed E-state index contributed by atoms with van der Waals surface area (Å²) in [6.07, 6.45) is 0.851. The summed E-state index contributed by atoms with van der Waals surface area (Å²) < 4.78 is 31.6. The van der Waals surface area contributed by atoms with Crippen molar-refractivity contribution in [2.45, 2.75) is 31.1 Å². The van der Waals surface area contributed by atoms with Gasteiger partial charge in [-0.25, -0.2) is 8.78 Å². The maximum atomic E-state index is 13.1. The van der Waals surface area contributed by atoms with E-state index in [-0.39, 0.29) is 5.89 Å². The molecule has 0 saturated heterocycles. The molecule has 0 bridgehead atoms. The van der Waals surface area contributed by atoms with Crippen LogP contribution in [0.15, 0.2) is 4.42 Å². The van der Waals surface area contributed by atoms with Gasteiger partial charge in [-0.15, -0.1) is 10.2 Å². The Hall–Kier alpha value is -0.270. The second kappa shape index (κ2) is 2.61. The van der Waals surface area contributed by atoms with Crippen LogP contribution >= 0.6 is 22.6 Å². The molecule has 1 aromatic heterocycles. The minimum absolute atomic E-state index is 0.0735. The van der Waals surface area contributed by atoms with Crippen LogP contribution in [0.2, 0.25) is 0 Å². The number of alkyl halides is 2.